The molecule has 3 aromatic rings. The fourth-order valence-electron chi connectivity index (χ4n) is 4.38. The van der Waals surface area contributed by atoms with Crippen LogP contribution in [0.25, 0.3) is 0 Å². The molecule has 3 aromatic carbocycles. The van der Waals surface area contributed by atoms with E-state index in [1.54, 1.807) is 38.5 Å². The summed E-state index contributed by atoms with van der Waals surface area (Å²) >= 11 is 1.28. The van der Waals surface area contributed by atoms with E-state index in [0.717, 1.165) is 22.6 Å². The summed E-state index contributed by atoms with van der Waals surface area (Å²) in [6.45, 7) is 2.05. The molecule has 5 rings (SSSR count). The molecule has 0 aromatic heterocycles. The molecule has 0 fully saturated rings. The molecule has 0 spiro atoms. The standard InChI is InChI=1S/C29H28N4O4S/c1-18-7-9-20(10-8-18)25-16-24(19-11-13-22(36-2)14-12-19)32-33(25)29-31-28(35)26(38-29)17-27(34)30-21-5-4-6-23(15-21)37-3/h4-15,25-26H,16-17H2,1-3H3,(H,30,34)/t25-,26+/m0/s1. The van der Waals surface area contributed by atoms with Gasteiger partial charge in [0.15, 0.2) is 5.17 Å². The lowest BCUT2D eigenvalue weighted by Gasteiger charge is -2.23. The second kappa shape index (κ2) is 11.1. The minimum atomic E-state index is -0.616. The van der Waals surface area contributed by atoms with Crippen LogP contribution in [0.4, 0.5) is 5.69 Å². The van der Waals surface area contributed by atoms with Crippen LogP contribution in [0.5, 0.6) is 11.5 Å². The van der Waals surface area contributed by atoms with E-state index < -0.39 is 5.25 Å². The molecular weight excluding hydrogens is 500 g/mol. The SMILES string of the molecule is COc1ccc(C2=NN(C3=NC(=O)[C@@H](CC(=O)Nc4cccc(OC)c4)S3)[C@H](c3ccc(C)cc3)C2)cc1. The average molecular weight is 529 g/mol. The van der Waals surface area contributed by atoms with Crippen LogP contribution in [0.1, 0.15) is 35.6 Å². The van der Waals surface area contributed by atoms with E-state index in [2.05, 4.69) is 34.6 Å². The van der Waals surface area contributed by atoms with Crippen molar-refractivity contribution in [1.82, 2.24) is 5.01 Å². The van der Waals surface area contributed by atoms with Crippen LogP contribution in [0.3, 0.4) is 0 Å². The minimum absolute atomic E-state index is 0.00575. The molecule has 2 atom stereocenters. The molecule has 2 aliphatic rings. The van der Waals surface area contributed by atoms with E-state index in [1.165, 1.54) is 17.3 Å². The molecule has 2 heterocycles. The van der Waals surface area contributed by atoms with E-state index in [-0.39, 0.29) is 24.3 Å². The quantitative estimate of drug-likeness (QED) is 0.454. The number of hydrazone groups is 1. The summed E-state index contributed by atoms with van der Waals surface area (Å²) in [5, 5.41) is 9.45. The number of amides is 2. The van der Waals surface area contributed by atoms with Crippen molar-refractivity contribution in [1.29, 1.82) is 0 Å². The number of methoxy groups -OCH3 is 2. The Morgan fingerprint density at radius 2 is 1.76 bits per heavy atom. The first-order chi connectivity index (χ1) is 18.4. The number of hydrogen-bond donors (Lipinski definition) is 1. The van der Waals surface area contributed by atoms with Crippen LogP contribution in [0.2, 0.25) is 0 Å². The predicted octanol–water partition coefficient (Wildman–Crippen LogP) is 5.19. The molecule has 0 unspecified atom stereocenters. The van der Waals surface area contributed by atoms with Crippen molar-refractivity contribution in [2.24, 2.45) is 10.1 Å². The predicted molar refractivity (Wildman–Crippen MR) is 150 cm³/mol. The number of nitrogens with one attached hydrogen (secondary N) is 1. The monoisotopic (exact) mass is 528 g/mol. The van der Waals surface area contributed by atoms with Crippen LogP contribution in [0.15, 0.2) is 82.9 Å². The van der Waals surface area contributed by atoms with Crippen LogP contribution < -0.4 is 14.8 Å². The summed E-state index contributed by atoms with van der Waals surface area (Å²) in [6.07, 6.45) is 0.663. The van der Waals surface area contributed by atoms with Gasteiger partial charge in [0.25, 0.3) is 5.91 Å². The van der Waals surface area contributed by atoms with Crippen molar-refractivity contribution < 1.29 is 19.1 Å². The van der Waals surface area contributed by atoms with Gasteiger partial charge in [-0.25, -0.2) is 5.01 Å². The van der Waals surface area contributed by atoms with E-state index in [1.807, 2.05) is 36.2 Å². The van der Waals surface area contributed by atoms with Gasteiger partial charge in [0.05, 0.1) is 26.0 Å². The molecule has 0 saturated carbocycles. The molecule has 1 N–H and O–H groups in total. The Morgan fingerprint density at radius 1 is 1.03 bits per heavy atom. The molecule has 2 amide bonds. The van der Waals surface area contributed by atoms with Gasteiger partial charge in [-0.2, -0.15) is 10.1 Å². The van der Waals surface area contributed by atoms with Gasteiger partial charge < -0.3 is 14.8 Å². The number of carbonyl (C=O) groups is 2. The van der Waals surface area contributed by atoms with E-state index >= 15 is 0 Å². The Bertz CT molecular complexity index is 1400. The third kappa shape index (κ3) is 5.57. The van der Waals surface area contributed by atoms with Gasteiger partial charge in [0, 0.05) is 24.6 Å². The lowest BCUT2D eigenvalue weighted by atomic mass is 9.98. The lowest BCUT2D eigenvalue weighted by molar-refractivity contribution is -0.121. The van der Waals surface area contributed by atoms with Crippen molar-refractivity contribution in [3.63, 3.8) is 0 Å². The maximum absolute atomic E-state index is 12.8. The maximum atomic E-state index is 12.8. The summed E-state index contributed by atoms with van der Waals surface area (Å²) in [4.78, 5) is 29.9. The van der Waals surface area contributed by atoms with Crippen LogP contribution in [-0.2, 0) is 9.59 Å². The molecule has 9 heteroatoms. The zero-order valence-corrected chi connectivity index (χ0v) is 22.2. The summed E-state index contributed by atoms with van der Waals surface area (Å²) in [7, 11) is 3.20. The highest BCUT2D eigenvalue weighted by atomic mass is 32.2. The Kier molecular flexibility index (Phi) is 7.46. The van der Waals surface area contributed by atoms with Crippen molar-refractivity contribution in [2.45, 2.75) is 31.1 Å². The van der Waals surface area contributed by atoms with Gasteiger partial charge in [-0.05, 0) is 54.4 Å². The number of nitrogens with zero attached hydrogens (tertiary/aromatic N) is 3. The number of anilines is 1. The minimum Gasteiger partial charge on any atom is -0.497 e. The molecular formula is C29H28N4O4S. The smallest absolute Gasteiger partial charge is 0.262 e. The fourth-order valence-corrected chi connectivity index (χ4v) is 5.44. The fraction of sp³-hybridized carbons (Fsp3) is 0.241. The number of amidine groups is 1. The van der Waals surface area contributed by atoms with Crippen molar-refractivity contribution in [3.05, 3.63) is 89.5 Å². The Morgan fingerprint density at radius 3 is 2.47 bits per heavy atom. The number of rotatable bonds is 7. The largest absolute Gasteiger partial charge is 0.497 e. The van der Waals surface area contributed by atoms with Crippen molar-refractivity contribution in [2.75, 3.05) is 19.5 Å². The highest BCUT2D eigenvalue weighted by Crippen LogP contribution is 2.39. The average Bonchev–Trinajstić information content (AvgIpc) is 3.53. The number of carbonyl (C=O) groups excluding carboxylic acids is 2. The summed E-state index contributed by atoms with van der Waals surface area (Å²) in [5.41, 5.74) is 4.73. The first kappa shape index (κ1) is 25.5. The van der Waals surface area contributed by atoms with Gasteiger partial charge in [0.2, 0.25) is 5.91 Å². The normalized spacial score (nSPS) is 18.7. The molecule has 0 saturated heterocycles. The van der Waals surface area contributed by atoms with Crippen LogP contribution in [0, 0.1) is 6.92 Å². The van der Waals surface area contributed by atoms with Gasteiger partial charge >= 0.3 is 0 Å². The maximum Gasteiger partial charge on any atom is 0.262 e. The lowest BCUT2D eigenvalue weighted by Crippen LogP contribution is -2.25. The molecule has 194 valence electrons. The Hall–Kier alpha value is -4.11. The third-order valence-electron chi connectivity index (χ3n) is 6.44. The van der Waals surface area contributed by atoms with Crippen LogP contribution in [-0.4, -0.2) is 47.2 Å². The Balaban J connectivity index is 1.34. The summed E-state index contributed by atoms with van der Waals surface area (Å²) in [5.74, 6) is 0.818. The molecule has 8 nitrogen and oxygen atoms in total. The first-order valence-electron chi connectivity index (χ1n) is 12.2. The van der Waals surface area contributed by atoms with Crippen molar-refractivity contribution >= 4 is 40.1 Å². The van der Waals surface area contributed by atoms with E-state index in [9.17, 15) is 9.59 Å². The van der Waals surface area contributed by atoms with Crippen LogP contribution >= 0.6 is 11.8 Å². The second-order valence-electron chi connectivity index (χ2n) is 9.07. The van der Waals surface area contributed by atoms with Crippen molar-refractivity contribution in [3.8, 4) is 11.5 Å². The molecule has 0 bridgehead atoms. The third-order valence-corrected chi connectivity index (χ3v) is 7.59. The molecule has 2 aliphatic heterocycles. The number of aliphatic imine (C=N–C) groups is 1. The second-order valence-corrected chi connectivity index (χ2v) is 10.2. The van der Waals surface area contributed by atoms with E-state index in [4.69, 9.17) is 14.6 Å². The molecule has 0 aliphatic carbocycles. The van der Waals surface area contributed by atoms with Gasteiger partial charge in [-0.3, -0.25) is 9.59 Å². The number of hydrogen-bond acceptors (Lipinski definition) is 7. The van der Waals surface area contributed by atoms with Gasteiger partial charge in [0.1, 0.15) is 16.7 Å². The molecule has 38 heavy (non-hydrogen) atoms. The highest BCUT2D eigenvalue weighted by molar-refractivity contribution is 8.15. The number of ether oxygens (including phenoxy) is 2. The summed E-state index contributed by atoms with van der Waals surface area (Å²) in [6, 6.07) is 23.1. The first-order valence-corrected chi connectivity index (χ1v) is 13.1. The van der Waals surface area contributed by atoms with Gasteiger partial charge in [-0.15, -0.1) is 0 Å². The Labute approximate surface area is 225 Å². The number of thioether (sulfide) groups is 1. The zero-order valence-electron chi connectivity index (χ0n) is 21.4. The van der Waals surface area contributed by atoms with Gasteiger partial charge in [-0.1, -0.05) is 47.7 Å². The summed E-state index contributed by atoms with van der Waals surface area (Å²) < 4.78 is 10.5. The van der Waals surface area contributed by atoms with E-state index in [0.29, 0.717) is 23.0 Å². The topological polar surface area (TPSA) is 92.6 Å². The number of benzene rings is 3. The highest BCUT2D eigenvalue weighted by Gasteiger charge is 2.39. The zero-order chi connectivity index (χ0) is 26.6. The number of aryl methyl sites for hydroxylation is 1. The molecule has 0 radical (unpaired) electrons.